The Labute approximate surface area is 104 Å². The Balaban J connectivity index is 1.69. The van der Waals surface area contributed by atoms with Gasteiger partial charge in [0.25, 0.3) is 0 Å². The zero-order valence-electron chi connectivity index (χ0n) is 11.0. The van der Waals surface area contributed by atoms with Gasteiger partial charge in [0.1, 0.15) is 12.2 Å². The molecule has 0 saturated heterocycles. The summed E-state index contributed by atoms with van der Waals surface area (Å²) in [7, 11) is 2.00. The van der Waals surface area contributed by atoms with Crippen molar-refractivity contribution in [1.82, 2.24) is 20.1 Å². The van der Waals surface area contributed by atoms with Gasteiger partial charge < -0.3 is 9.88 Å². The van der Waals surface area contributed by atoms with Crippen LogP contribution in [0.25, 0.3) is 0 Å². The lowest BCUT2D eigenvalue weighted by Gasteiger charge is -2.16. The Hall–Kier alpha value is -0.900. The Kier molecular flexibility index (Phi) is 4.54. The normalized spacial score (nSPS) is 25.8. The van der Waals surface area contributed by atoms with Crippen LogP contribution in [-0.4, -0.2) is 27.4 Å². The molecule has 1 aromatic heterocycles. The molecule has 1 aliphatic rings. The van der Waals surface area contributed by atoms with Crippen molar-refractivity contribution in [3.8, 4) is 0 Å². The Bertz CT molecular complexity index is 334. The average molecular weight is 236 g/mol. The van der Waals surface area contributed by atoms with Crippen LogP contribution in [0.3, 0.4) is 0 Å². The Morgan fingerprint density at radius 3 is 3.00 bits per heavy atom. The minimum atomic E-state index is 0.716. The molecule has 1 aromatic rings. The third-order valence-corrected chi connectivity index (χ3v) is 3.84. The summed E-state index contributed by atoms with van der Waals surface area (Å²) in [5.41, 5.74) is 0. The summed E-state index contributed by atoms with van der Waals surface area (Å²) in [6.07, 6.45) is 9.57. The molecule has 0 aromatic carbocycles. The van der Waals surface area contributed by atoms with Crippen LogP contribution in [-0.2, 0) is 13.5 Å². The molecule has 2 unspecified atom stereocenters. The Morgan fingerprint density at radius 1 is 1.35 bits per heavy atom. The van der Waals surface area contributed by atoms with E-state index in [1.165, 1.54) is 32.1 Å². The molecule has 0 spiro atoms. The fourth-order valence-electron chi connectivity index (χ4n) is 2.61. The summed E-state index contributed by atoms with van der Waals surface area (Å²) in [5.74, 6) is 1.99. The molecule has 96 valence electrons. The van der Waals surface area contributed by atoms with Crippen LogP contribution in [0.2, 0.25) is 0 Å². The van der Waals surface area contributed by atoms with Gasteiger partial charge in [0, 0.05) is 26.1 Å². The zero-order chi connectivity index (χ0) is 12.1. The van der Waals surface area contributed by atoms with E-state index in [1.807, 2.05) is 11.6 Å². The van der Waals surface area contributed by atoms with Gasteiger partial charge in [-0.25, -0.2) is 0 Å². The van der Waals surface area contributed by atoms with Crippen molar-refractivity contribution in [2.24, 2.45) is 13.0 Å². The van der Waals surface area contributed by atoms with Gasteiger partial charge in [-0.15, -0.1) is 10.2 Å². The molecule has 1 saturated carbocycles. The quantitative estimate of drug-likeness (QED) is 0.812. The molecule has 0 amide bonds. The fraction of sp³-hybridized carbons (Fsp3) is 0.846. The highest BCUT2D eigenvalue weighted by molar-refractivity contribution is 4.85. The van der Waals surface area contributed by atoms with Crippen molar-refractivity contribution in [1.29, 1.82) is 0 Å². The molecule has 0 bridgehead atoms. The summed E-state index contributed by atoms with van der Waals surface area (Å²) in [5, 5.41) is 11.7. The maximum Gasteiger partial charge on any atom is 0.133 e. The van der Waals surface area contributed by atoms with Crippen molar-refractivity contribution in [3.05, 3.63) is 12.2 Å². The number of hydrogen-bond acceptors (Lipinski definition) is 3. The molecule has 2 rings (SSSR count). The van der Waals surface area contributed by atoms with Gasteiger partial charge in [-0.3, -0.25) is 0 Å². The molecule has 4 heteroatoms. The fourth-order valence-corrected chi connectivity index (χ4v) is 2.61. The summed E-state index contributed by atoms with van der Waals surface area (Å²) < 4.78 is 2.00. The van der Waals surface area contributed by atoms with Crippen LogP contribution < -0.4 is 5.32 Å². The van der Waals surface area contributed by atoms with E-state index in [0.29, 0.717) is 6.04 Å². The van der Waals surface area contributed by atoms with E-state index in [-0.39, 0.29) is 0 Å². The second kappa shape index (κ2) is 6.15. The third-order valence-electron chi connectivity index (χ3n) is 3.84. The van der Waals surface area contributed by atoms with Crippen LogP contribution >= 0.6 is 0 Å². The van der Waals surface area contributed by atoms with E-state index < -0.39 is 0 Å². The predicted molar refractivity (Wildman–Crippen MR) is 68.7 cm³/mol. The highest BCUT2D eigenvalue weighted by Gasteiger charge is 2.15. The van der Waals surface area contributed by atoms with Crippen LogP contribution in [0.4, 0.5) is 0 Å². The summed E-state index contributed by atoms with van der Waals surface area (Å²) >= 11 is 0. The molecule has 2 atom stereocenters. The van der Waals surface area contributed by atoms with Gasteiger partial charge in [0.15, 0.2) is 0 Å². The zero-order valence-corrected chi connectivity index (χ0v) is 11.0. The van der Waals surface area contributed by atoms with Gasteiger partial charge in [-0.2, -0.15) is 0 Å². The van der Waals surface area contributed by atoms with E-state index in [2.05, 4.69) is 22.4 Å². The van der Waals surface area contributed by atoms with Crippen molar-refractivity contribution in [2.75, 3.05) is 6.54 Å². The summed E-state index contributed by atoms with van der Waals surface area (Å²) in [6, 6.07) is 0.716. The smallest absolute Gasteiger partial charge is 0.133 e. The van der Waals surface area contributed by atoms with Gasteiger partial charge in [-0.05, 0) is 25.2 Å². The first kappa shape index (κ1) is 12.6. The molecule has 1 fully saturated rings. The first-order valence-corrected chi connectivity index (χ1v) is 6.82. The van der Waals surface area contributed by atoms with Crippen LogP contribution in [0, 0.1) is 5.92 Å². The van der Waals surface area contributed by atoms with Gasteiger partial charge >= 0.3 is 0 Å². The first-order valence-electron chi connectivity index (χ1n) is 6.82. The number of hydrogen-bond donors (Lipinski definition) is 1. The average Bonchev–Trinajstić information content (AvgIpc) is 2.59. The second-order valence-electron chi connectivity index (χ2n) is 5.37. The van der Waals surface area contributed by atoms with Crippen molar-refractivity contribution >= 4 is 0 Å². The lowest BCUT2D eigenvalue weighted by atomic mass is 10.0. The minimum Gasteiger partial charge on any atom is -0.321 e. The molecule has 1 heterocycles. The SMILES string of the molecule is CC1CCCC(NCCc2nncn2C)CC1. The van der Waals surface area contributed by atoms with Crippen molar-refractivity contribution in [3.63, 3.8) is 0 Å². The largest absolute Gasteiger partial charge is 0.321 e. The highest BCUT2D eigenvalue weighted by atomic mass is 15.2. The summed E-state index contributed by atoms with van der Waals surface area (Å²) in [4.78, 5) is 0. The first-order chi connectivity index (χ1) is 8.25. The van der Waals surface area contributed by atoms with Crippen molar-refractivity contribution in [2.45, 2.75) is 51.5 Å². The topological polar surface area (TPSA) is 42.7 Å². The lowest BCUT2D eigenvalue weighted by molar-refractivity contribution is 0.448. The molecule has 0 aliphatic heterocycles. The number of nitrogens with zero attached hydrogens (tertiary/aromatic N) is 3. The number of nitrogens with one attached hydrogen (secondary N) is 1. The van der Waals surface area contributed by atoms with Gasteiger partial charge in [-0.1, -0.05) is 19.8 Å². The molecule has 4 nitrogen and oxygen atoms in total. The van der Waals surface area contributed by atoms with Crippen LogP contribution in [0.5, 0.6) is 0 Å². The van der Waals surface area contributed by atoms with Crippen LogP contribution in [0.15, 0.2) is 6.33 Å². The van der Waals surface area contributed by atoms with Crippen LogP contribution in [0.1, 0.15) is 44.9 Å². The third kappa shape index (κ3) is 3.80. The minimum absolute atomic E-state index is 0.716. The van der Waals surface area contributed by atoms with Crippen molar-refractivity contribution < 1.29 is 0 Å². The second-order valence-corrected chi connectivity index (χ2v) is 5.37. The molecule has 1 N–H and O–H groups in total. The number of aromatic nitrogens is 3. The van der Waals surface area contributed by atoms with E-state index in [0.717, 1.165) is 24.7 Å². The maximum atomic E-state index is 4.10. The Morgan fingerprint density at radius 2 is 2.24 bits per heavy atom. The highest BCUT2D eigenvalue weighted by Crippen LogP contribution is 2.22. The predicted octanol–water partition coefficient (Wildman–Crippen LogP) is 1.92. The monoisotopic (exact) mass is 236 g/mol. The van der Waals surface area contributed by atoms with Gasteiger partial charge in [0.2, 0.25) is 0 Å². The molecule has 1 aliphatic carbocycles. The summed E-state index contributed by atoms with van der Waals surface area (Å²) in [6.45, 7) is 3.40. The number of rotatable bonds is 4. The molecular formula is C13H24N4. The van der Waals surface area contributed by atoms with E-state index in [4.69, 9.17) is 0 Å². The van der Waals surface area contributed by atoms with Gasteiger partial charge in [0.05, 0.1) is 0 Å². The van der Waals surface area contributed by atoms with E-state index in [9.17, 15) is 0 Å². The van der Waals surface area contributed by atoms with E-state index >= 15 is 0 Å². The number of aryl methyl sites for hydroxylation is 1. The van der Waals surface area contributed by atoms with E-state index in [1.54, 1.807) is 6.33 Å². The standard InChI is InChI=1S/C13H24N4/c1-11-4-3-5-12(7-6-11)14-9-8-13-16-15-10-17(13)2/h10-12,14H,3-9H2,1-2H3. The lowest BCUT2D eigenvalue weighted by Crippen LogP contribution is -2.30. The molecular weight excluding hydrogens is 212 g/mol. The maximum absolute atomic E-state index is 4.10. The molecule has 0 radical (unpaired) electrons. The molecule has 17 heavy (non-hydrogen) atoms.